The van der Waals surface area contributed by atoms with Crippen molar-refractivity contribution in [2.24, 2.45) is 17.8 Å². The van der Waals surface area contributed by atoms with E-state index in [0.717, 1.165) is 29.8 Å². The summed E-state index contributed by atoms with van der Waals surface area (Å²) in [6.07, 6.45) is 8.39. The van der Waals surface area contributed by atoms with Crippen LogP contribution in [-0.4, -0.2) is 36.1 Å². The van der Waals surface area contributed by atoms with Crippen molar-refractivity contribution in [3.8, 4) is 0 Å². The summed E-state index contributed by atoms with van der Waals surface area (Å²) in [5.41, 5.74) is 0. The van der Waals surface area contributed by atoms with Crippen molar-refractivity contribution in [3.05, 3.63) is 0 Å². The van der Waals surface area contributed by atoms with Crippen LogP contribution in [0, 0.1) is 17.8 Å². The Hall–Kier alpha value is -0.0800. The molecule has 2 aliphatic carbocycles. The Morgan fingerprint density at radius 2 is 1.76 bits per heavy atom. The van der Waals surface area contributed by atoms with Crippen molar-refractivity contribution in [1.82, 2.24) is 10.2 Å². The van der Waals surface area contributed by atoms with E-state index in [4.69, 9.17) is 0 Å². The van der Waals surface area contributed by atoms with Crippen LogP contribution in [0.15, 0.2) is 0 Å². The lowest BCUT2D eigenvalue weighted by molar-refractivity contribution is 0.0566. The van der Waals surface area contributed by atoms with Crippen molar-refractivity contribution >= 4 is 0 Å². The van der Waals surface area contributed by atoms with Gasteiger partial charge in [-0.2, -0.15) is 0 Å². The van der Waals surface area contributed by atoms with Crippen LogP contribution in [0.5, 0.6) is 0 Å². The minimum atomic E-state index is 0.687. The first-order valence-corrected chi connectivity index (χ1v) is 9.52. The van der Waals surface area contributed by atoms with Gasteiger partial charge in [0.15, 0.2) is 0 Å². The summed E-state index contributed by atoms with van der Waals surface area (Å²) in [6, 6.07) is 2.17. The zero-order chi connectivity index (χ0) is 15.4. The Morgan fingerprint density at radius 3 is 2.29 bits per heavy atom. The van der Waals surface area contributed by atoms with E-state index in [-0.39, 0.29) is 0 Å². The van der Waals surface area contributed by atoms with Crippen molar-refractivity contribution < 1.29 is 0 Å². The standard InChI is InChI=1S/C19H38N2/c1-6-11-20-18-10-9-17(14(2)3)12-19(18)21(15(4)5)13-16-7-8-16/h14-20H,6-13H2,1-5H3. The fourth-order valence-electron chi connectivity index (χ4n) is 4.05. The van der Waals surface area contributed by atoms with Crippen LogP contribution in [0.3, 0.4) is 0 Å². The predicted octanol–water partition coefficient (Wildman–Crippen LogP) is 4.30. The third-order valence-electron chi connectivity index (χ3n) is 5.71. The number of hydrogen-bond acceptors (Lipinski definition) is 2. The van der Waals surface area contributed by atoms with E-state index in [1.807, 2.05) is 0 Å². The van der Waals surface area contributed by atoms with Gasteiger partial charge in [0.1, 0.15) is 0 Å². The highest BCUT2D eigenvalue weighted by Crippen LogP contribution is 2.37. The molecule has 0 aromatic carbocycles. The Balaban J connectivity index is 2.05. The van der Waals surface area contributed by atoms with E-state index in [1.54, 1.807) is 0 Å². The molecule has 2 saturated carbocycles. The molecule has 2 aliphatic rings. The van der Waals surface area contributed by atoms with Crippen molar-refractivity contribution in [2.45, 2.75) is 91.3 Å². The Morgan fingerprint density at radius 1 is 1.05 bits per heavy atom. The zero-order valence-corrected chi connectivity index (χ0v) is 15.1. The van der Waals surface area contributed by atoms with E-state index in [9.17, 15) is 0 Å². The van der Waals surface area contributed by atoms with Crippen LogP contribution in [0.1, 0.15) is 73.1 Å². The van der Waals surface area contributed by atoms with Crippen molar-refractivity contribution in [2.75, 3.05) is 13.1 Å². The Bertz CT molecular complexity index is 296. The minimum absolute atomic E-state index is 0.687. The molecule has 0 aromatic heterocycles. The summed E-state index contributed by atoms with van der Waals surface area (Å²) in [6.45, 7) is 14.5. The molecular formula is C19H38N2. The zero-order valence-electron chi connectivity index (χ0n) is 15.1. The first-order chi connectivity index (χ1) is 10.0. The predicted molar refractivity (Wildman–Crippen MR) is 92.6 cm³/mol. The molecule has 0 aromatic rings. The second kappa shape index (κ2) is 7.97. The molecule has 2 fully saturated rings. The smallest absolute Gasteiger partial charge is 0.0254 e. The SMILES string of the molecule is CCCNC1CCC(C(C)C)CC1N(CC1CC1)C(C)C. The summed E-state index contributed by atoms with van der Waals surface area (Å²) in [4.78, 5) is 2.85. The van der Waals surface area contributed by atoms with Gasteiger partial charge in [0.25, 0.3) is 0 Å². The normalized spacial score (nSPS) is 30.6. The van der Waals surface area contributed by atoms with Gasteiger partial charge in [-0.25, -0.2) is 0 Å². The highest BCUT2D eigenvalue weighted by atomic mass is 15.2. The molecule has 0 aliphatic heterocycles. The quantitative estimate of drug-likeness (QED) is 0.718. The lowest BCUT2D eigenvalue weighted by Gasteiger charge is -2.46. The first kappa shape index (κ1) is 17.3. The molecule has 2 nitrogen and oxygen atoms in total. The molecule has 3 atom stereocenters. The van der Waals surface area contributed by atoms with Gasteiger partial charge < -0.3 is 5.32 Å². The van der Waals surface area contributed by atoms with E-state index >= 15 is 0 Å². The van der Waals surface area contributed by atoms with Crippen LogP contribution in [-0.2, 0) is 0 Å². The van der Waals surface area contributed by atoms with Gasteiger partial charge in [-0.3, -0.25) is 4.90 Å². The molecule has 21 heavy (non-hydrogen) atoms. The largest absolute Gasteiger partial charge is 0.312 e. The van der Waals surface area contributed by atoms with Crippen LogP contribution >= 0.6 is 0 Å². The second-order valence-electron chi connectivity index (χ2n) is 8.18. The van der Waals surface area contributed by atoms with Gasteiger partial charge in [-0.05, 0) is 76.7 Å². The monoisotopic (exact) mass is 294 g/mol. The second-order valence-corrected chi connectivity index (χ2v) is 8.18. The summed E-state index contributed by atoms with van der Waals surface area (Å²) >= 11 is 0. The molecular weight excluding hydrogens is 256 g/mol. The van der Waals surface area contributed by atoms with Gasteiger partial charge in [0, 0.05) is 24.7 Å². The molecule has 0 spiro atoms. The molecule has 0 heterocycles. The van der Waals surface area contributed by atoms with Crippen molar-refractivity contribution in [1.29, 1.82) is 0 Å². The van der Waals surface area contributed by atoms with E-state index in [0.29, 0.717) is 6.04 Å². The van der Waals surface area contributed by atoms with Crippen LogP contribution < -0.4 is 5.32 Å². The highest BCUT2D eigenvalue weighted by Gasteiger charge is 2.38. The van der Waals surface area contributed by atoms with Gasteiger partial charge in [0.05, 0.1) is 0 Å². The van der Waals surface area contributed by atoms with Crippen molar-refractivity contribution in [3.63, 3.8) is 0 Å². The van der Waals surface area contributed by atoms with Gasteiger partial charge in [-0.1, -0.05) is 20.8 Å². The third-order valence-corrected chi connectivity index (χ3v) is 5.71. The van der Waals surface area contributed by atoms with E-state index in [2.05, 4.69) is 44.8 Å². The van der Waals surface area contributed by atoms with Crippen LogP contribution in [0.25, 0.3) is 0 Å². The van der Waals surface area contributed by atoms with Gasteiger partial charge in [0.2, 0.25) is 0 Å². The first-order valence-electron chi connectivity index (χ1n) is 9.52. The number of nitrogens with one attached hydrogen (secondary N) is 1. The summed E-state index contributed by atoms with van der Waals surface area (Å²) < 4.78 is 0. The minimum Gasteiger partial charge on any atom is -0.312 e. The number of hydrogen-bond donors (Lipinski definition) is 1. The molecule has 2 heteroatoms. The fourth-order valence-corrected chi connectivity index (χ4v) is 4.05. The molecule has 0 bridgehead atoms. The molecule has 0 saturated heterocycles. The molecule has 1 N–H and O–H groups in total. The third kappa shape index (κ3) is 4.96. The fraction of sp³-hybridized carbons (Fsp3) is 1.00. The Kier molecular flexibility index (Phi) is 6.55. The Labute approximate surface area is 133 Å². The number of rotatable bonds is 8. The molecule has 3 unspecified atom stereocenters. The van der Waals surface area contributed by atoms with Crippen LogP contribution in [0.4, 0.5) is 0 Å². The highest BCUT2D eigenvalue weighted by molar-refractivity contribution is 4.94. The summed E-state index contributed by atoms with van der Waals surface area (Å²) in [5, 5.41) is 3.87. The molecule has 124 valence electrons. The lowest BCUT2D eigenvalue weighted by atomic mass is 9.76. The molecule has 0 amide bonds. The maximum Gasteiger partial charge on any atom is 0.0254 e. The van der Waals surface area contributed by atoms with Gasteiger partial charge >= 0.3 is 0 Å². The summed E-state index contributed by atoms with van der Waals surface area (Å²) in [5.74, 6) is 2.77. The van der Waals surface area contributed by atoms with Gasteiger partial charge in [-0.15, -0.1) is 0 Å². The van der Waals surface area contributed by atoms with Crippen LogP contribution in [0.2, 0.25) is 0 Å². The lowest BCUT2D eigenvalue weighted by Crippen LogP contribution is -2.56. The summed E-state index contributed by atoms with van der Waals surface area (Å²) in [7, 11) is 0. The average Bonchev–Trinajstić information content (AvgIpc) is 3.26. The maximum atomic E-state index is 3.87. The molecule has 2 rings (SSSR count). The van der Waals surface area contributed by atoms with E-state index in [1.165, 1.54) is 51.6 Å². The topological polar surface area (TPSA) is 15.3 Å². The molecule has 0 radical (unpaired) electrons. The average molecular weight is 295 g/mol. The maximum absolute atomic E-state index is 3.87. The van der Waals surface area contributed by atoms with E-state index < -0.39 is 0 Å². The number of nitrogens with zero attached hydrogens (tertiary/aromatic N) is 1.